The van der Waals surface area contributed by atoms with Crippen LogP contribution in [-0.4, -0.2) is 42.7 Å². The van der Waals surface area contributed by atoms with Gasteiger partial charge in [0.15, 0.2) is 0 Å². The fourth-order valence-corrected chi connectivity index (χ4v) is 3.43. The van der Waals surface area contributed by atoms with E-state index in [1.54, 1.807) is 0 Å². The Kier molecular flexibility index (Phi) is 5.70. The number of carbonyl (C=O) groups is 1. The Morgan fingerprint density at radius 3 is 2.73 bits per heavy atom. The van der Waals surface area contributed by atoms with Gasteiger partial charge in [0, 0.05) is 18.1 Å². The summed E-state index contributed by atoms with van der Waals surface area (Å²) in [5, 5.41) is 0.665. The molecule has 0 radical (unpaired) electrons. The number of ether oxygens (including phenoxy) is 2. The summed E-state index contributed by atoms with van der Waals surface area (Å²) in [7, 11) is 1.46. The molecule has 0 spiro atoms. The molecule has 1 atom stereocenters. The van der Waals surface area contributed by atoms with E-state index in [2.05, 4.69) is 4.90 Å². The predicted molar refractivity (Wildman–Crippen MR) is 87.4 cm³/mol. The lowest BCUT2D eigenvalue weighted by atomic mass is 9.91. The topological polar surface area (TPSA) is 38.8 Å². The van der Waals surface area contributed by atoms with E-state index in [-0.39, 0.29) is 12.1 Å². The highest BCUT2D eigenvalue weighted by molar-refractivity contribution is 6.30. The van der Waals surface area contributed by atoms with Crippen LogP contribution in [0.25, 0.3) is 0 Å². The Morgan fingerprint density at radius 2 is 2.14 bits per heavy atom. The van der Waals surface area contributed by atoms with E-state index in [1.807, 2.05) is 38.1 Å². The zero-order chi connectivity index (χ0) is 16.2. The Hall–Kier alpha value is -1.26. The lowest BCUT2D eigenvalue weighted by Gasteiger charge is -2.37. The lowest BCUT2D eigenvalue weighted by Crippen LogP contribution is -2.54. The molecule has 22 heavy (non-hydrogen) atoms. The van der Waals surface area contributed by atoms with E-state index in [4.69, 9.17) is 21.1 Å². The zero-order valence-corrected chi connectivity index (χ0v) is 14.2. The monoisotopic (exact) mass is 325 g/mol. The van der Waals surface area contributed by atoms with Gasteiger partial charge in [0.1, 0.15) is 17.4 Å². The molecular weight excluding hydrogens is 302 g/mol. The van der Waals surface area contributed by atoms with Gasteiger partial charge < -0.3 is 9.47 Å². The Morgan fingerprint density at radius 1 is 1.41 bits per heavy atom. The van der Waals surface area contributed by atoms with Crippen LogP contribution >= 0.6 is 11.6 Å². The summed E-state index contributed by atoms with van der Waals surface area (Å²) in [5.41, 5.74) is -0.540. The van der Waals surface area contributed by atoms with Crippen LogP contribution in [-0.2, 0) is 9.53 Å². The molecule has 2 rings (SSSR count). The number of hydrogen-bond acceptors (Lipinski definition) is 4. The minimum Gasteiger partial charge on any atom is -0.489 e. The minimum atomic E-state index is -0.540. The summed E-state index contributed by atoms with van der Waals surface area (Å²) >= 11 is 5.99. The highest BCUT2D eigenvalue weighted by Gasteiger charge is 2.45. The normalized spacial score (nSPS) is 19.2. The highest BCUT2D eigenvalue weighted by Crippen LogP contribution is 2.31. The number of halogens is 1. The number of esters is 1. The predicted octanol–water partition coefficient (Wildman–Crippen LogP) is 3.52. The molecule has 4 nitrogen and oxygen atoms in total. The maximum Gasteiger partial charge on any atom is 0.326 e. The van der Waals surface area contributed by atoms with Gasteiger partial charge in [-0.05, 0) is 37.5 Å². The molecule has 0 N–H and O–H groups in total. The first-order chi connectivity index (χ1) is 10.6. The molecule has 5 heteroatoms. The summed E-state index contributed by atoms with van der Waals surface area (Å²) < 4.78 is 11.0. The first-order valence-corrected chi connectivity index (χ1v) is 8.19. The van der Waals surface area contributed by atoms with Gasteiger partial charge in [-0.1, -0.05) is 31.5 Å². The first-order valence-electron chi connectivity index (χ1n) is 7.81. The van der Waals surface area contributed by atoms with E-state index >= 15 is 0 Å². The number of rotatable bonds is 6. The largest absolute Gasteiger partial charge is 0.489 e. The van der Waals surface area contributed by atoms with Crippen LogP contribution in [0.15, 0.2) is 24.3 Å². The Labute approximate surface area is 137 Å². The van der Waals surface area contributed by atoms with E-state index in [0.29, 0.717) is 5.02 Å². The van der Waals surface area contributed by atoms with Gasteiger partial charge in [0.25, 0.3) is 0 Å². The molecule has 1 fully saturated rings. The highest BCUT2D eigenvalue weighted by atomic mass is 35.5. The van der Waals surface area contributed by atoms with Crippen molar-refractivity contribution in [1.82, 2.24) is 4.90 Å². The molecule has 0 saturated carbocycles. The van der Waals surface area contributed by atoms with Crippen LogP contribution in [0.4, 0.5) is 0 Å². The van der Waals surface area contributed by atoms with Crippen molar-refractivity contribution in [3.63, 3.8) is 0 Å². The molecule has 0 unspecified atom stereocenters. The minimum absolute atomic E-state index is 0.0700. The van der Waals surface area contributed by atoms with Crippen molar-refractivity contribution in [2.45, 2.75) is 44.8 Å². The van der Waals surface area contributed by atoms with Crippen molar-refractivity contribution in [2.75, 3.05) is 20.2 Å². The summed E-state index contributed by atoms with van der Waals surface area (Å²) in [6, 6.07) is 7.42. The van der Waals surface area contributed by atoms with E-state index in [9.17, 15) is 4.79 Å². The van der Waals surface area contributed by atoms with Gasteiger partial charge in [-0.3, -0.25) is 9.69 Å². The van der Waals surface area contributed by atoms with Crippen molar-refractivity contribution < 1.29 is 14.3 Å². The Bertz CT molecular complexity index is 516. The van der Waals surface area contributed by atoms with Crippen LogP contribution in [0, 0.1) is 0 Å². The smallest absolute Gasteiger partial charge is 0.326 e. The Balaban J connectivity index is 2.06. The van der Waals surface area contributed by atoms with Gasteiger partial charge in [-0.2, -0.15) is 0 Å². The van der Waals surface area contributed by atoms with E-state index < -0.39 is 5.54 Å². The number of likely N-dealkylation sites (tertiary alicyclic amines) is 1. The average molecular weight is 326 g/mol. The summed E-state index contributed by atoms with van der Waals surface area (Å²) in [4.78, 5) is 14.5. The second-order valence-corrected chi connectivity index (χ2v) is 6.10. The van der Waals surface area contributed by atoms with Crippen LogP contribution in [0.3, 0.4) is 0 Å². The van der Waals surface area contributed by atoms with Crippen molar-refractivity contribution in [1.29, 1.82) is 0 Å². The molecule has 0 aliphatic carbocycles. The van der Waals surface area contributed by atoms with E-state index in [1.165, 1.54) is 7.11 Å². The average Bonchev–Trinajstić information content (AvgIpc) is 2.97. The third-order valence-electron chi connectivity index (χ3n) is 4.58. The SMILES string of the molecule is CCC(CC)(C(=O)OC)N1CC[C@@H](Oc2cccc(Cl)c2)C1. The van der Waals surface area contributed by atoms with Crippen molar-refractivity contribution >= 4 is 17.6 Å². The fourth-order valence-electron chi connectivity index (χ4n) is 3.25. The van der Waals surface area contributed by atoms with Gasteiger partial charge in [0.2, 0.25) is 0 Å². The third-order valence-corrected chi connectivity index (χ3v) is 4.82. The molecule has 0 amide bonds. The molecule has 0 bridgehead atoms. The standard InChI is InChI=1S/C17H24ClNO3/c1-4-17(5-2,16(20)21-3)19-10-9-15(12-19)22-14-8-6-7-13(18)11-14/h6-8,11,15H,4-5,9-10,12H2,1-3H3/t15-/m1/s1. The number of methoxy groups -OCH3 is 1. The van der Waals surface area contributed by atoms with Crippen molar-refractivity contribution in [3.05, 3.63) is 29.3 Å². The van der Waals surface area contributed by atoms with Crippen LogP contribution in [0.5, 0.6) is 5.75 Å². The van der Waals surface area contributed by atoms with Gasteiger partial charge >= 0.3 is 5.97 Å². The van der Waals surface area contributed by atoms with Crippen molar-refractivity contribution in [3.8, 4) is 5.75 Å². The van der Waals surface area contributed by atoms with Gasteiger partial charge in [-0.25, -0.2) is 0 Å². The van der Waals surface area contributed by atoms with Crippen LogP contribution < -0.4 is 4.74 Å². The molecule has 1 aromatic carbocycles. The summed E-state index contributed by atoms with van der Waals surface area (Å²) in [6.45, 7) is 5.63. The number of benzene rings is 1. The second-order valence-electron chi connectivity index (χ2n) is 5.66. The molecule has 1 aliphatic heterocycles. The van der Waals surface area contributed by atoms with Gasteiger partial charge in [0.05, 0.1) is 7.11 Å². The molecular formula is C17H24ClNO3. The van der Waals surface area contributed by atoms with Crippen LogP contribution in [0.1, 0.15) is 33.1 Å². The fraction of sp³-hybridized carbons (Fsp3) is 0.588. The quantitative estimate of drug-likeness (QED) is 0.750. The zero-order valence-electron chi connectivity index (χ0n) is 13.5. The number of hydrogen-bond donors (Lipinski definition) is 0. The molecule has 1 heterocycles. The van der Waals surface area contributed by atoms with Crippen molar-refractivity contribution in [2.24, 2.45) is 0 Å². The van der Waals surface area contributed by atoms with E-state index in [0.717, 1.165) is 38.1 Å². The summed E-state index contributed by atoms with van der Waals surface area (Å²) in [5.74, 6) is 0.622. The molecule has 1 aromatic rings. The van der Waals surface area contributed by atoms with Gasteiger partial charge in [-0.15, -0.1) is 0 Å². The first kappa shape index (κ1) is 17.1. The second kappa shape index (κ2) is 7.34. The maximum absolute atomic E-state index is 12.3. The van der Waals surface area contributed by atoms with Crippen LogP contribution in [0.2, 0.25) is 5.02 Å². The molecule has 0 aromatic heterocycles. The lowest BCUT2D eigenvalue weighted by molar-refractivity contribution is -0.155. The number of carbonyl (C=O) groups excluding carboxylic acids is 1. The third kappa shape index (κ3) is 3.39. The molecule has 1 aliphatic rings. The summed E-state index contributed by atoms with van der Waals surface area (Å²) in [6.07, 6.45) is 2.44. The molecule has 1 saturated heterocycles. The molecule has 122 valence electrons. The number of nitrogens with zero attached hydrogens (tertiary/aromatic N) is 1. The maximum atomic E-state index is 12.3.